The van der Waals surface area contributed by atoms with Crippen LogP contribution in [0.1, 0.15) is 29.4 Å². The van der Waals surface area contributed by atoms with Crippen LogP contribution >= 0.6 is 22.9 Å². The van der Waals surface area contributed by atoms with E-state index in [1.54, 1.807) is 6.92 Å². The number of fused-ring (bicyclic) bond motifs is 1. The maximum Gasteiger partial charge on any atom is 0.325 e. The van der Waals surface area contributed by atoms with Crippen molar-refractivity contribution in [3.8, 4) is 0 Å². The number of amides is 2. The first kappa shape index (κ1) is 22.6. The molecule has 0 aliphatic heterocycles. The molecule has 0 bridgehead atoms. The van der Waals surface area contributed by atoms with E-state index in [1.807, 2.05) is 24.3 Å². The number of nitrogens with one attached hydrogen (secondary N) is 2. The summed E-state index contributed by atoms with van der Waals surface area (Å²) in [5, 5.41) is 6.05. The van der Waals surface area contributed by atoms with E-state index in [1.165, 1.54) is 11.3 Å². The standard InChI is InChI=1S/C19H21ClN2O6S/c1-2-27-15(24)8-5-9-21-14(23)11-28-16(25)10-22-19(26)18-17(20)12-6-3-4-7-13(12)29-18/h3-4,6-7H,2,5,8-11H2,1H3,(H,21,23)(H,22,26). The molecule has 156 valence electrons. The van der Waals surface area contributed by atoms with E-state index in [0.717, 1.165) is 10.1 Å². The van der Waals surface area contributed by atoms with Crippen molar-refractivity contribution in [3.63, 3.8) is 0 Å². The van der Waals surface area contributed by atoms with Crippen molar-refractivity contribution in [2.75, 3.05) is 26.3 Å². The van der Waals surface area contributed by atoms with Gasteiger partial charge in [0.2, 0.25) is 0 Å². The smallest absolute Gasteiger partial charge is 0.325 e. The van der Waals surface area contributed by atoms with E-state index in [9.17, 15) is 19.2 Å². The van der Waals surface area contributed by atoms with Gasteiger partial charge in [0.15, 0.2) is 6.61 Å². The van der Waals surface area contributed by atoms with E-state index < -0.39 is 24.4 Å². The minimum absolute atomic E-state index is 0.195. The van der Waals surface area contributed by atoms with Gasteiger partial charge in [-0.3, -0.25) is 19.2 Å². The number of hydrogen-bond acceptors (Lipinski definition) is 7. The van der Waals surface area contributed by atoms with Gasteiger partial charge in [0, 0.05) is 23.1 Å². The highest BCUT2D eigenvalue weighted by Gasteiger charge is 2.18. The predicted octanol–water partition coefficient (Wildman–Crippen LogP) is 2.29. The number of carbonyl (C=O) groups excluding carboxylic acids is 4. The maximum absolute atomic E-state index is 12.2. The number of rotatable bonds is 10. The normalized spacial score (nSPS) is 10.4. The van der Waals surface area contributed by atoms with Gasteiger partial charge < -0.3 is 20.1 Å². The molecule has 0 aliphatic carbocycles. The van der Waals surface area contributed by atoms with Crippen molar-refractivity contribution in [2.24, 2.45) is 0 Å². The molecule has 0 unspecified atom stereocenters. The summed E-state index contributed by atoms with van der Waals surface area (Å²) in [6.45, 7) is 1.42. The molecule has 1 heterocycles. The largest absolute Gasteiger partial charge is 0.466 e. The van der Waals surface area contributed by atoms with Crippen LogP contribution in [0.4, 0.5) is 0 Å². The van der Waals surface area contributed by atoms with Crippen molar-refractivity contribution < 1.29 is 28.7 Å². The second-order valence-corrected chi connectivity index (χ2v) is 7.27. The third kappa shape index (κ3) is 7.03. The SMILES string of the molecule is CCOC(=O)CCCNC(=O)COC(=O)CNC(=O)c1sc2ccccc2c1Cl. The van der Waals surface area contributed by atoms with E-state index in [2.05, 4.69) is 10.6 Å². The van der Waals surface area contributed by atoms with Crippen LogP contribution in [0.5, 0.6) is 0 Å². The summed E-state index contributed by atoms with van der Waals surface area (Å²) < 4.78 is 10.4. The van der Waals surface area contributed by atoms with E-state index >= 15 is 0 Å². The van der Waals surface area contributed by atoms with Gasteiger partial charge in [-0.15, -0.1) is 11.3 Å². The zero-order valence-corrected chi connectivity index (χ0v) is 17.4. The Balaban J connectivity index is 1.67. The zero-order valence-electron chi connectivity index (χ0n) is 15.8. The Morgan fingerprint density at radius 2 is 1.83 bits per heavy atom. The molecule has 1 aromatic heterocycles. The van der Waals surface area contributed by atoms with Crippen molar-refractivity contribution in [2.45, 2.75) is 19.8 Å². The Labute approximate surface area is 176 Å². The first-order chi connectivity index (χ1) is 13.9. The van der Waals surface area contributed by atoms with Gasteiger partial charge in [0.05, 0.1) is 11.6 Å². The molecule has 0 radical (unpaired) electrons. The first-order valence-corrected chi connectivity index (χ1v) is 10.1. The summed E-state index contributed by atoms with van der Waals surface area (Å²) in [6.07, 6.45) is 0.616. The monoisotopic (exact) mass is 440 g/mol. The fourth-order valence-electron chi connectivity index (χ4n) is 2.33. The molecule has 0 aliphatic rings. The third-order valence-corrected chi connectivity index (χ3v) is 5.36. The number of ether oxygens (including phenoxy) is 2. The summed E-state index contributed by atoms with van der Waals surface area (Å²) >= 11 is 7.44. The van der Waals surface area contributed by atoms with Crippen LogP contribution in [-0.2, 0) is 23.9 Å². The number of thiophene rings is 1. The Morgan fingerprint density at radius 1 is 1.07 bits per heavy atom. The van der Waals surface area contributed by atoms with Crippen LogP contribution in [0.2, 0.25) is 5.02 Å². The van der Waals surface area contributed by atoms with Crippen molar-refractivity contribution in [3.05, 3.63) is 34.2 Å². The van der Waals surface area contributed by atoms with Crippen molar-refractivity contribution >= 4 is 56.8 Å². The lowest BCUT2D eigenvalue weighted by molar-refractivity contribution is -0.147. The molecule has 0 atom stereocenters. The van der Waals surface area contributed by atoms with Gasteiger partial charge in [0.1, 0.15) is 11.4 Å². The summed E-state index contributed by atoms with van der Waals surface area (Å²) in [5.74, 6) is -2.07. The molecule has 1 aromatic carbocycles. The number of hydrogen-bond donors (Lipinski definition) is 2. The van der Waals surface area contributed by atoms with Gasteiger partial charge in [0.25, 0.3) is 11.8 Å². The fourth-order valence-corrected chi connectivity index (χ4v) is 3.77. The molecule has 2 N–H and O–H groups in total. The number of halogens is 1. The molecule has 2 aromatic rings. The summed E-state index contributed by atoms with van der Waals surface area (Å²) in [4.78, 5) is 47.0. The summed E-state index contributed by atoms with van der Waals surface area (Å²) in [5.41, 5.74) is 0. The quantitative estimate of drug-likeness (QED) is 0.433. The van der Waals surface area contributed by atoms with E-state index in [-0.39, 0.29) is 25.5 Å². The molecule has 2 rings (SSSR count). The Morgan fingerprint density at radius 3 is 2.55 bits per heavy atom. The lowest BCUT2D eigenvalue weighted by atomic mass is 10.2. The molecular formula is C19H21ClN2O6S. The Bertz CT molecular complexity index is 898. The summed E-state index contributed by atoms with van der Waals surface area (Å²) in [6, 6.07) is 7.32. The molecular weight excluding hydrogens is 420 g/mol. The van der Waals surface area contributed by atoms with Gasteiger partial charge >= 0.3 is 11.9 Å². The molecule has 0 fully saturated rings. The third-order valence-electron chi connectivity index (χ3n) is 3.68. The van der Waals surface area contributed by atoms with Crippen molar-refractivity contribution in [1.29, 1.82) is 0 Å². The first-order valence-electron chi connectivity index (χ1n) is 8.95. The minimum Gasteiger partial charge on any atom is -0.466 e. The van der Waals surface area contributed by atoms with Gasteiger partial charge in [-0.25, -0.2) is 0 Å². The maximum atomic E-state index is 12.2. The van der Waals surface area contributed by atoms with Gasteiger partial charge in [-0.05, 0) is 19.4 Å². The molecule has 8 nitrogen and oxygen atoms in total. The molecule has 0 spiro atoms. The van der Waals surface area contributed by atoms with Crippen LogP contribution in [-0.4, -0.2) is 50.1 Å². The molecule has 10 heteroatoms. The van der Waals surface area contributed by atoms with Gasteiger partial charge in [-0.1, -0.05) is 29.8 Å². The van der Waals surface area contributed by atoms with Crippen LogP contribution in [0.25, 0.3) is 10.1 Å². The lowest BCUT2D eigenvalue weighted by Crippen LogP contribution is -2.34. The molecule has 2 amide bonds. The topological polar surface area (TPSA) is 111 Å². The second-order valence-electron chi connectivity index (χ2n) is 5.84. The Kier molecular flexibility index (Phi) is 8.88. The lowest BCUT2D eigenvalue weighted by Gasteiger charge is -2.07. The van der Waals surface area contributed by atoms with Crippen LogP contribution in [0, 0.1) is 0 Å². The molecule has 0 saturated carbocycles. The van der Waals surface area contributed by atoms with Crippen LogP contribution in [0.15, 0.2) is 24.3 Å². The second kappa shape index (κ2) is 11.4. The number of benzene rings is 1. The molecule has 0 saturated heterocycles. The highest BCUT2D eigenvalue weighted by Crippen LogP contribution is 2.34. The van der Waals surface area contributed by atoms with E-state index in [0.29, 0.717) is 22.9 Å². The van der Waals surface area contributed by atoms with Crippen LogP contribution < -0.4 is 10.6 Å². The zero-order chi connectivity index (χ0) is 21.2. The number of carbonyl (C=O) groups is 4. The minimum atomic E-state index is -0.753. The summed E-state index contributed by atoms with van der Waals surface area (Å²) in [7, 11) is 0. The highest BCUT2D eigenvalue weighted by atomic mass is 35.5. The fraction of sp³-hybridized carbons (Fsp3) is 0.368. The average molecular weight is 441 g/mol. The Hall–Kier alpha value is -2.65. The molecule has 29 heavy (non-hydrogen) atoms. The van der Waals surface area contributed by atoms with Crippen LogP contribution in [0.3, 0.4) is 0 Å². The van der Waals surface area contributed by atoms with E-state index in [4.69, 9.17) is 21.1 Å². The highest BCUT2D eigenvalue weighted by molar-refractivity contribution is 7.21. The average Bonchev–Trinajstić information content (AvgIpc) is 3.05. The predicted molar refractivity (Wildman–Crippen MR) is 109 cm³/mol. The van der Waals surface area contributed by atoms with Crippen molar-refractivity contribution in [1.82, 2.24) is 10.6 Å². The van der Waals surface area contributed by atoms with Gasteiger partial charge in [-0.2, -0.15) is 0 Å². The number of esters is 2.